The molecule has 2 rings (SSSR count). The van der Waals surface area contributed by atoms with Crippen LogP contribution in [0.2, 0.25) is 0 Å². The number of amides is 2. The molecule has 0 saturated heterocycles. The van der Waals surface area contributed by atoms with Gasteiger partial charge in [0.1, 0.15) is 12.5 Å². The van der Waals surface area contributed by atoms with Crippen molar-refractivity contribution in [3.05, 3.63) is 71.5 Å². The zero-order valence-electron chi connectivity index (χ0n) is 12.1. The van der Waals surface area contributed by atoms with Crippen LogP contribution in [0.5, 0.6) is 0 Å². The number of halogens is 2. The Hall–Kier alpha value is -2.43. The summed E-state index contributed by atoms with van der Waals surface area (Å²) < 4.78 is 25.5. The fraction of sp³-hybridized carbons (Fsp3) is 0.235. The fourth-order valence-corrected chi connectivity index (χ4v) is 2.25. The van der Waals surface area contributed by atoms with Crippen molar-refractivity contribution in [3.63, 3.8) is 0 Å². The van der Waals surface area contributed by atoms with E-state index in [1.807, 2.05) is 36.4 Å². The summed E-state index contributed by atoms with van der Waals surface area (Å²) in [6.45, 7) is -0.340. The van der Waals surface area contributed by atoms with Crippen molar-refractivity contribution < 1.29 is 13.6 Å². The molecule has 2 amide bonds. The summed E-state index contributed by atoms with van der Waals surface area (Å²) in [5, 5.41) is 5.10. The molecule has 3 nitrogen and oxygen atoms in total. The Kier molecular flexibility index (Phi) is 5.89. The number of carbonyl (C=O) groups is 1. The van der Waals surface area contributed by atoms with Crippen molar-refractivity contribution in [2.45, 2.75) is 5.92 Å². The van der Waals surface area contributed by atoms with Gasteiger partial charge in [-0.3, -0.25) is 0 Å². The lowest BCUT2D eigenvalue weighted by Crippen LogP contribution is -2.38. The van der Waals surface area contributed by atoms with Gasteiger partial charge in [0.15, 0.2) is 0 Å². The van der Waals surface area contributed by atoms with Gasteiger partial charge in [-0.25, -0.2) is 13.6 Å². The third-order valence-corrected chi connectivity index (χ3v) is 3.30. The molecule has 0 saturated carbocycles. The summed E-state index contributed by atoms with van der Waals surface area (Å²) in [7, 11) is 0. The number of hydrogen-bond donors (Lipinski definition) is 2. The van der Waals surface area contributed by atoms with Gasteiger partial charge in [0, 0.05) is 19.0 Å². The minimum Gasteiger partial charge on any atom is -0.337 e. The third-order valence-electron chi connectivity index (χ3n) is 3.30. The number of alkyl halides is 1. The summed E-state index contributed by atoms with van der Waals surface area (Å²) in [6.07, 6.45) is 0. The van der Waals surface area contributed by atoms with E-state index in [0.29, 0.717) is 6.54 Å². The van der Waals surface area contributed by atoms with E-state index in [0.717, 1.165) is 11.1 Å². The van der Waals surface area contributed by atoms with E-state index in [1.54, 1.807) is 6.07 Å². The standard InChI is InChI=1S/C17H18F2N2O/c18-9-10-20-17(22)21-12-16(13-5-2-1-3-6-13)14-7-4-8-15(19)11-14/h1-8,11,16H,9-10,12H2,(H2,20,21,22). The third kappa shape index (κ3) is 4.55. The highest BCUT2D eigenvalue weighted by molar-refractivity contribution is 5.73. The zero-order valence-corrected chi connectivity index (χ0v) is 12.1. The Morgan fingerprint density at radius 1 is 1.00 bits per heavy atom. The fourth-order valence-electron chi connectivity index (χ4n) is 2.25. The highest BCUT2D eigenvalue weighted by Gasteiger charge is 2.15. The molecule has 0 radical (unpaired) electrons. The first-order valence-corrected chi connectivity index (χ1v) is 7.09. The van der Waals surface area contributed by atoms with Crippen LogP contribution in [-0.2, 0) is 0 Å². The minimum absolute atomic E-state index is 0.0260. The molecule has 0 spiro atoms. The highest BCUT2D eigenvalue weighted by Crippen LogP contribution is 2.24. The average Bonchev–Trinajstić information content (AvgIpc) is 2.54. The van der Waals surface area contributed by atoms with Gasteiger partial charge >= 0.3 is 6.03 Å². The largest absolute Gasteiger partial charge is 0.337 e. The number of carbonyl (C=O) groups excluding carboxylic acids is 1. The molecule has 22 heavy (non-hydrogen) atoms. The molecule has 0 aromatic heterocycles. The van der Waals surface area contributed by atoms with Crippen LogP contribution in [-0.4, -0.2) is 25.8 Å². The molecule has 0 fully saturated rings. The Morgan fingerprint density at radius 3 is 2.41 bits per heavy atom. The molecule has 1 unspecified atom stereocenters. The van der Waals surface area contributed by atoms with Crippen LogP contribution < -0.4 is 10.6 Å². The lowest BCUT2D eigenvalue weighted by molar-refractivity contribution is 0.239. The van der Waals surface area contributed by atoms with Gasteiger partial charge in [0.25, 0.3) is 0 Å². The highest BCUT2D eigenvalue weighted by atomic mass is 19.1. The van der Waals surface area contributed by atoms with Crippen LogP contribution in [0.25, 0.3) is 0 Å². The molecule has 0 aliphatic heterocycles. The van der Waals surface area contributed by atoms with Crippen LogP contribution >= 0.6 is 0 Å². The van der Waals surface area contributed by atoms with E-state index < -0.39 is 12.7 Å². The molecule has 0 aliphatic carbocycles. The van der Waals surface area contributed by atoms with Crippen molar-refractivity contribution in [3.8, 4) is 0 Å². The maximum atomic E-state index is 13.5. The van der Waals surface area contributed by atoms with E-state index in [4.69, 9.17) is 0 Å². The first-order valence-electron chi connectivity index (χ1n) is 7.09. The van der Waals surface area contributed by atoms with Crippen LogP contribution in [0.4, 0.5) is 13.6 Å². The van der Waals surface area contributed by atoms with E-state index in [9.17, 15) is 13.6 Å². The maximum Gasteiger partial charge on any atom is 0.314 e. The molecule has 116 valence electrons. The molecule has 2 aromatic carbocycles. The molecule has 0 bridgehead atoms. The number of hydrogen-bond acceptors (Lipinski definition) is 1. The van der Waals surface area contributed by atoms with Gasteiger partial charge in [-0.2, -0.15) is 0 Å². The Bertz CT molecular complexity index is 605. The van der Waals surface area contributed by atoms with Gasteiger partial charge < -0.3 is 10.6 Å². The van der Waals surface area contributed by atoms with Crippen molar-refractivity contribution in [2.24, 2.45) is 0 Å². The second kappa shape index (κ2) is 8.12. The summed E-state index contributed by atoms with van der Waals surface area (Å²) in [4.78, 5) is 11.6. The first-order chi connectivity index (χ1) is 10.7. The Labute approximate surface area is 128 Å². The van der Waals surface area contributed by atoms with Crippen LogP contribution in [0, 0.1) is 5.82 Å². The summed E-state index contributed by atoms with van der Waals surface area (Å²) in [5.74, 6) is -0.492. The van der Waals surface area contributed by atoms with Crippen molar-refractivity contribution >= 4 is 6.03 Å². The monoisotopic (exact) mass is 304 g/mol. The zero-order chi connectivity index (χ0) is 15.8. The smallest absolute Gasteiger partial charge is 0.314 e. The average molecular weight is 304 g/mol. The van der Waals surface area contributed by atoms with Gasteiger partial charge in [-0.1, -0.05) is 42.5 Å². The number of nitrogens with one attached hydrogen (secondary N) is 2. The topological polar surface area (TPSA) is 41.1 Å². The molecular weight excluding hydrogens is 286 g/mol. The second-order valence-corrected chi connectivity index (χ2v) is 4.84. The molecule has 1 atom stereocenters. The van der Waals surface area contributed by atoms with Gasteiger partial charge in [0.05, 0.1) is 0 Å². The summed E-state index contributed by atoms with van der Waals surface area (Å²) in [6, 6.07) is 15.4. The van der Waals surface area contributed by atoms with E-state index in [1.165, 1.54) is 12.1 Å². The molecular formula is C17H18F2N2O. The first kappa shape index (κ1) is 15.9. The van der Waals surface area contributed by atoms with Crippen molar-refractivity contribution in [2.75, 3.05) is 19.8 Å². The molecule has 0 aliphatic rings. The number of rotatable bonds is 6. The lowest BCUT2D eigenvalue weighted by atomic mass is 9.91. The number of benzene rings is 2. The summed E-state index contributed by atoms with van der Waals surface area (Å²) >= 11 is 0. The normalized spacial score (nSPS) is 11.7. The molecule has 2 aromatic rings. The van der Waals surface area contributed by atoms with E-state index >= 15 is 0 Å². The van der Waals surface area contributed by atoms with E-state index in [2.05, 4.69) is 10.6 Å². The Morgan fingerprint density at radius 2 is 1.73 bits per heavy atom. The maximum absolute atomic E-state index is 13.5. The van der Waals surface area contributed by atoms with Crippen LogP contribution in [0.1, 0.15) is 17.0 Å². The second-order valence-electron chi connectivity index (χ2n) is 4.84. The molecule has 0 heterocycles. The van der Waals surface area contributed by atoms with Crippen molar-refractivity contribution in [1.82, 2.24) is 10.6 Å². The molecule has 2 N–H and O–H groups in total. The SMILES string of the molecule is O=C(NCCF)NCC(c1ccccc1)c1cccc(F)c1. The Balaban J connectivity index is 2.14. The van der Waals surface area contributed by atoms with Gasteiger partial charge in [0.2, 0.25) is 0 Å². The van der Waals surface area contributed by atoms with Gasteiger partial charge in [-0.05, 0) is 23.3 Å². The van der Waals surface area contributed by atoms with Gasteiger partial charge in [-0.15, -0.1) is 0 Å². The quantitative estimate of drug-likeness (QED) is 0.845. The van der Waals surface area contributed by atoms with Crippen LogP contribution in [0.15, 0.2) is 54.6 Å². The van der Waals surface area contributed by atoms with Crippen LogP contribution in [0.3, 0.4) is 0 Å². The predicted octanol–water partition coefficient (Wildman–Crippen LogP) is 3.23. The van der Waals surface area contributed by atoms with E-state index in [-0.39, 0.29) is 18.3 Å². The predicted molar refractivity (Wildman–Crippen MR) is 82.1 cm³/mol. The molecule has 5 heteroatoms. The number of urea groups is 1. The van der Waals surface area contributed by atoms with Crippen molar-refractivity contribution in [1.29, 1.82) is 0 Å². The summed E-state index contributed by atoms with van der Waals surface area (Å²) in [5.41, 5.74) is 1.75. The minimum atomic E-state index is -0.612. The lowest BCUT2D eigenvalue weighted by Gasteiger charge is -2.19.